The molecule has 0 fully saturated rings. The first-order valence-corrected chi connectivity index (χ1v) is 13.2. The first-order valence-electron chi connectivity index (χ1n) is 11.8. The van der Waals surface area contributed by atoms with Crippen LogP contribution in [-0.2, 0) is 29.4 Å². The highest BCUT2D eigenvalue weighted by Crippen LogP contribution is 2.39. The lowest BCUT2D eigenvalue weighted by atomic mass is 9.76. The van der Waals surface area contributed by atoms with Gasteiger partial charge in [-0.3, -0.25) is 5.43 Å². The van der Waals surface area contributed by atoms with Gasteiger partial charge in [0.25, 0.3) is 10.0 Å². The van der Waals surface area contributed by atoms with Crippen molar-refractivity contribution < 1.29 is 13.2 Å². The largest absolute Gasteiger partial charge is 0.491 e. The van der Waals surface area contributed by atoms with E-state index in [0.717, 1.165) is 64.2 Å². The zero-order chi connectivity index (χ0) is 24.4. The van der Waals surface area contributed by atoms with Crippen LogP contribution in [0.2, 0.25) is 0 Å². The molecule has 35 heavy (non-hydrogen) atoms. The number of nitrogens with zero attached hydrogens (tertiary/aromatic N) is 5. The zero-order valence-electron chi connectivity index (χ0n) is 20.1. The molecule has 1 N–H and O–H groups in total. The minimum atomic E-state index is -3.59. The second-order valence-corrected chi connectivity index (χ2v) is 12.1. The number of rotatable bonds is 2. The molecule has 10 heteroatoms. The average Bonchev–Trinajstić information content (AvgIpc) is 2.96. The van der Waals surface area contributed by atoms with Gasteiger partial charge in [0.2, 0.25) is 0 Å². The Bertz CT molecular complexity index is 1440. The molecular weight excluding hydrogens is 464 g/mol. The highest BCUT2D eigenvalue weighted by Gasteiger charge is 2.34. The summed E-state index contributed by atoms with van der Waals surface area (Å²) >= 11 is 0. The van der Waals surface area contributed by atoms with E-state index in [4.69, 9.17) is 9.72 Å². The van der Waals surface area contributed by atoms with E-state index in [-0.39, 0.29) is 10.3 Å². The Morgan fingerprint density at radius 1 is 1.11 bits per heavy atom. The van der Waals surface area contributed by atoms with Crippen LogP contribution < -0.4 is 15.1 Å². The van der Waals surface area contributed by atoms with E-state index >= 15 is 0 Å². The molecule has 3 aliphatic rings. The number of sulfonamides is 1. The van der Waals surface area contributed by atoms with Crippen molar-refractivity contribution in [2.45, 2.75) is 44.6 Å². The number of aryl methyl sites for hydroxylation is 1. The molecule has 0 saturated carbocycles. The maximum atomic E-state index is 12.6. The third-order valence-corrected chi connectivity index (χ3v) is 8.81. The van der Waals surface area contributed by atoms with Crippen molar-refractivity contribution in [2.24, 2.45) is 5.41 Å². The second kappa shape index (κ2) is 7.89. The lowest BCUT2D eigenvalue weighted by Crippen LogP contribution is -2.31. The van der Waals surface area contributed by atoms with Gasteiger partial charge in [-0.15, -0.1) is 4.41 Å². The Morgan fingerprint density at radius 3 is 2.83 bits per heavy atom. The molecule has 9 nitrogen and oxygen atoms in total. The fourth-order valence-electron chi connectivity index (χ4n) is 5.13. The van der Waals surface area contributed by atoms with Crippen molar-refractivity contribution >= 4 is 21.7 Å². The number of aromatic nitrogens is 3. The third-order valence-electron chi connectivity index (χ3n) is 7.13. The summed E-state index contributed by atoms with van der Waals surface area (Å²) in [6.07, 6.45) is 6.43. The van der Waals surface area contributed by atoms with Crippen LogP contribution in [0.3, 0.4) is 0 Å². The van der Waals surface area contributed by atoms with Crippen LogP contribution in [0, 0.1) is 5.41 Å². The lowest BCUT2D eigenvalue weighted by Gasteiger charge is -2.33. The van der Waals surface area contributed by atoms with E-state index in [1.54, 1.807) is 18.6 Å². The van der Waals surface area contributed by atoms with Gasteiger partial charge < -0.3 is 9.64 Å². The number of anilines is 2. The molecule has 182 valence electrons. The first kappa shape index (κ1) is 22.2. The van der Waals surface area contributed by atoms with Crippen molar-refractivity contribution in [3.63, 3.8) is 0 Å². The Kier molecular flexibility index (Phi) is 5.01. The molecule has 0 saturated heterocycles. The number of benzene rings is 1. The topological polar surface area (TPSA) is 101 Å². The number of hydrogen-bond donors (Lipinski definition) is 1. The molecule has 0 radical (unpaired) electrons. The predicted molar refractivity (Wildman–Crippen MR) is 133 cm³/mol. The van der Waals surface area contributed by atoms with Crippen LogP contribution in [-0.4, -0.2) is 48.0 Å². The van der Waals surface area contributed by atoms with Crippen molar-refractivity contribution in [1.29, 1.82) is 0 Å². The summed E-state index contributed by atoms with van der Waals surface area (Å²) < 4.78 is 32.4. The van der Waals surface area contributed by atoms with Crippen molar-refractivity contribution in [1.82, 2.24) is 19.4 Å². The third kappa shape index (κ3) is 3.81. The monoisotopic (exact) mass is 492 g/mol. The van der Waals surface area contributed by atoms with Crippen LogP contribution in [0.25, 0.3) is 11.1 Å². The van der Waals surface area contributed by atoms with E-state index in [2.05, 4.69) is 40.2 Å². The standard InChI is InChI=1S/C25H28N6O3S/c1-25(2)7-6-20-19(12-25)24(28-15-27-20)31-8-9-34-21-5-4-16(10-18(21)14-31)17-11-22-23(26-13-17)29-30(3)35(22,32)33/h4-5,10-11,13,15H,6-9,12,14H2,1-3H3,(H,26,29). The highest BCUT2D eigenvalue weighted by molar-refractivity contribution is 7.89. The second-order valence-electron chi connectivity index (χ2n) is 10.2. The zero-order valence-corrected chi connectivity index (χ0v) is 20.9. The SMILES string of the molecule is CN1Nc2ncc(-c3ccc4c(c3)CN(c3ncnc5c3CC(C)(C)CC5)CCO4)cc2S1(=O)=O. The number of hydrogen-bond acceptors (Lipinski definition) is 8. The smallest absolute Gasteiger partial charge is 0.263 e. The summed E-state index contributed by atoms with van der Waals surface area (Å²) in [7, 11) is -2.12. The van der Waals surface area contributed by atoms with E-state index in [1.807, 2.05) is 12.1 Å². The summed E-state index contributed by atoms with van der Waals surface area (Å²) in [6.45, 7) is 6.54. The number of ether oxygens (including phenoxy) is 1. The quantitative estimate of drug-likeness (QED) is 0.581. The van der Waals surface area contributed by atoms with Gasteiger partial charge in [0.15, 0.2) is 5.82 Å². The maximum Gasteiger partial charge on any atom is 0.263 e. The molecule has 2 aromatic heterocycles. The fraction of sp³-hybridized carbons (Fsp3) is 0.400. The first-order chi connectivity index (χ1) is 16.7. The Labute approximate surface area is 205 Å². The van der Waals surface area contributed by atoms with Crippen LogP contribution in [0.4, 0.5) is 11.6 Å². The van der Waals surface area contributed by atoms with Crippen molar-refractivity contribution in [3.8, 4) is 16.9 Å². The molecule has 0 atom stereocenters. The van der Waals surface area contributed by atoms with Crippen LogP contribution in [0.15, 0.2) is 41.7 Å². The lowest BCUT2D eigenvalue weighted by molar-refractivity contribution is 0.310. The molecule has 6 rings (SSSR count). The van der Waals surface area contributed by atoms with Crippen LogP contribution in [0.1, 0.15) is 37.1 Å². The van der Waals surface area contributed by atoms with Gasteiger partial charge in [-0.1, -0.05) is 19.9 Å². The van der Waals surface area contributed by atoms with Gasteiger partial charge in [-0.25, -0.2) is 23.4 Å². The van der Waals surface area contributed by atoms with Gasteiger partial charge in [0, 0.05) is 42.2 Å². The Balaban J connectivity index is 1.36. The minimum Gasteiger partial charge on any atom is -0.491 e. The van der Waals surface area contributed by atoms with Gasteiger partial charge in [0.05, 0.1) is 6.54 Å². The number of nitrogens with one attached hydrogen (secondary N) is 1. The number of hydrazine groups is 1. The van der Waals surface area contributed by atoms with Crippen molar-refractivity contribution in [3.05, 3.63) is 53.6 Å². The molecule has 0 bridgehead atoms. The van der Waals surface area contributed by atoms with Gasteiger partial charge in [-0.2, -0.15) is 0 Å². The van der Waals surface area contributed by atoms with Gasteiger partial charge >= 0.3 is 0 Å². The highest BCUT2D eigenvalue weighted by atomic mass is 32.2. The number of pyridine rings is 1. The van der Waals surface area contributed by atoms with Crippen LogP contribution >= 0.6 is 0 Å². The molecule has 2 aliphatic heterocycles. The molecule has 0 spiro atoms. The molecule has 1 aromatic carbocycles. The van der Waals surface area contributed by atoms with E-state index in [9.17, 15) is 8.42 Å². The molecule has 0 unspecified atom stereocenters. The molecule has 4 heterocycles. The molecule has 0 amide bonds. The Hall–Kier alpha value is -3.24. The summed E-state index contributed by atoms with van der Waals surface area (Å²) in [5.74, 6) is 2.17. The number of fused-ring (bicyclic) bond motifs is 3. The van der Waals surface area contributed by atoms with Gasteiger partial charge in [-0.05, 0) is 48.4 Å². The van der Waals surface area contributed by atoms with E-state index < -0.39 is 10.0 Å². The molecule has 1 aliphatic carbocycles. The summed E-state index contributed by atoms with van der Waals surface area (Å²) in [6, 6.07) is 7.64. The van der Waals surface area contributed by atoms with E-state index in [1.165, 1.54) is 12.6 Å². The van der Waals surface area contributed by atoms with Crippen molar-refractivity contribution in [2.75, 3.05) is 30.5 Å². The predicted octanol–water partition coefficient (Wildman–Crippen LogP) is 3.41. The average molecular weight is 493 g/mol. The molecule has 3 aromatic rings. The Morgan fingerprint density at radius 2 is 1.97 bits per heavy atom. The maximum absolute atomic E-state index is 12.6. The molecular formula is C25H28N6O3S. The fourth-order valence-corrected chi connectivity index (χ4v) is 6.25. The van der Waals surface area contributed by atoms with Gasteiger partial charge in [0.1, 0.15) is 29.4 Å². The van der Waals surface area contributed by atoms with E-state index in [0.29, 0.717) is 19.0 Å². The summed E-state index contributed by atoms with van der Waals surface area (Å²) in [5, 5.41) is 0. The minimum absolute atomic E-state index is 0.181. The van der Waals surface area contributed by atoms with Crippen LogP contribution in [0.5, 0.6) is 5.75 Å². The normalized spacial score (nSPS) is 20.1. The summed E-state index contributed by atoms with van der Waals surface area (Å²) in [4.78, 5) is 16.1. The summed E-state index contributed by atoms with van der Waals surface area (Å²) in [5.41, 5.74) is 8.05.